The quantitative estimate of drug-likeness (QED) is 0.271. The highest BCUT2D eigenvalue weighted by Gasteiger charge is 2.14. The number of ether oxygens (including phenoxy) is 1. The lowest BCUT2D eigenvalue weighted by molar-refractivity contribution is 0.158. The van der Waals surface area contributed by atoms with Crippen LogP contribution in [0.3, 0.4) is 0 Å². The van der Waals surface area contributed by atoms with Crippen molar-refractivity contribution in [3.8, 4) is 22.2 Å². The predicted molar refractivity (Wildman–Crippen MR) is 138 cm³/mol. The molecule has 0 atom stereocenters. The second-order valence-corrected chi connectivity index (χ2v) is 8.64. The summed E-state index contributed by atoms with van der Waals surface area (Å²) >= 11 is 1.61. The van der Waals surface area contributed by atoms with Gasteiger partial charge in [-0.25, -0.2) is 15.0 Å². The summed E-state index contributed by atoms with van der Waals surface area (Å²) in [4.78, 5) is 20.4. The van der Waals surface area contributed by atoms with Crippen LogP contribution in [0.1, 0.15) is 5.56 Å². The minimum atomic E-state index is 0. The molecule has 3 N–H and O–H groups in total. The zero-order chi connectivity index (χ0) is 22.6. The van der Waals surface area contributed by atoms with E-state index in [1.807, 2.05) is 29.6 Å². The Hall–Kier alpha value is -3.31. The smallest absolute Gasteiger partial charge is 0.171 e. The summed E-state index contributed by atoms with van der Waals surface area (Å²) in [5.41, 5.74) is 4.63. The fourth-order valence-corrected chi connectivity index (χ4v) is 4.23. The highest BCUT2D eigenvalue weighted by atomic mass is 35.5. The van der Waals surface area contributed by atoms with Crippen LogP contribution in [0.15, 0.2) is 54.2 Å². The normalized spacial score (nSPS) is 11.1. The van der Waals surface area contributed by atoms with E-state index in [4.69, 9.17) is 9.72 Å². The van der Waals surface area contributed by atoms with Crippen molar-refractivity contribution >= 4 is 46.3 Å². The first-order chi connectivity index (χ1) is 16.2. The SMILES string of the molecule is COCCN(C)Cc1ccc2nc(-c3[nH]ncc3Nc3ccnc(-c4cccs4)n3)[nH]c2c1.Cl. The van der Waals surface area contributed by atoms with E-state index in [-0.39, 0.29) is 12.4 Å². The number of benzene rings is 1. The molecule has 4 heterocycles. The molecule has 0 radical (unpaired) electrons. The molecule has 176 valence electrons. The van der Waals surface area contributed by atoms with E-state index in [1.54, 1.807) is 30.8 Å². The van der Waals surface area contributed by atoms with Crippen LogP contribution in [0.2, 0.25) is 0 Å². The Balaban J connectivity index is 0.00000274. The van der Waals surface area contributed by atoms with Gasteiger partial charge in [0.2, 0.25) is 0 Å². The van der Waals surface area contributed by atoms with Crippen molar-refractivity contribution in [1.82, 2.24) is 35.0 Å². The van der Waals surface area contributed by atoms with Gasteiger partial charge in [0.15, 0.2) is 11.6 Å². The molecule has 0 spiro atoms. The predicted octanol–water partition coefficient (Wildman–Crippen LogP) is 4.72. The van der Waals surface area contributed by atoms with E-state index in [0.717, 1.165) is 40.4 Å². The molecule has 1 aromatic carbocycles. The van der Waals surface area contributed by atoms with Gasteiger partial charge in [0.25, 0.3) is 0 Å². The summed E-state index contributed by atoms with van der Waals surface area (Å²) < 4.78 is 5.16. The van der Waals surface area contributed by atoms with E-state index >= 15 is 0 Å². The number of halogens is 1. The van der Waals surface area contributed by atoms with Crippen LogP contribution in [0.4, 0.5) is 11.5 Å². The van der Waals surface area contributed by atoms with Crippen molar-refractivity contribution in [3.05, 3.63) is 59.7 Å². The summed E-state index contributed by atoms with van der Waals surface area (Å²) in [7, 11) is 3.80. The summed E-state index contributed by atoms with van der Waals surface area (Å²) in [6.45, 7) is 2.43. The summed E-state index contributed by atoms with van der Waals surface area (Å²) in [6.07, 6.45) is 3.47. The average Bonchev–Trinajstić information content (AvgIpc) is 3.58. The van der Waals surface area contributed by atoms with Crippen molar-refractivity contribution < 1.29 is 4.74 Å². The number of anilines is 2. The Kier molecular flexibility index (Phi) is 7.53. The molecule has 0 aliphatic heterocycles. The molecule has 0 fully saturated rings. The van der Waals surface area contributed by atoms with Crippen LogP contribution < -0.4 is 5.32 Å². The zero-order valence-electron chi connectivity index (χ0n) is 18.8. The largest absolute Gasteiger partial charge is 0.383 e. The first kappa shape index (κ1) is 23.8. The van der Waals surface area contributed by atoms with Gasteiger partial charge in [-0.15, -0.1) is 23.7 Å². The van der Waals surface area contributed by atoms with E-state index in [0.29, 0.717) is 24.1 Å². The minimum absolute atomic E-state index is 0. The van der Waals surface area contributed by atoms with Crippen molar-refractivity contribution in [2.45, 2.75) is 6.54 Å². The number of rotatable bonds is 9. The van der Waals surface area contributed by atoms with Crippen LogP contribution >= 0.6 is 23.7 Å². The lowest BCUT2D eigenvalue weighted by Crippen LogP contribution is -2.22. The second kappa shape index (κ2) is 10.7. The van der Waals surface area contributed by atoms with Gasteiger partial charge in [-0.1, -0.05) is 12.1 Å². The van der Waals surface area contributed by atoms with Crippen LogP contribution in [0.5, 0.6) is 0 Å². The number of nitrogens with zero attached hydrogens (tertiary/aromatic N) is 5. The number of imidazole rings is 1. The topological polar surface area (TPSA) is 108 Å². The molecule has 9 nitrogen and oxygen atoms in total. The molecule has 11 heteroatoms. The Labute approximate surface area is 207 Å². The molecule has 0 bridgehead atoms. The number of aromatic nitrogens is 6. The lowest BCUT2D eigenvalue weighted by atomic mass is 10.2. The number of likely N-dealkylation sites (N-methyl/N-ethyl adjacent to an activating group) is 1. The van der Waals surface area contributed by atoms with Crippen molar-refractivity contribution in [2.24, 2.45) is 0 Å². The standard InChI is InChI=1S/C23H24N8OS.ClH/c1-31(9-10-32-2)14-15-5-6-16-17(12-15)28-23(27-16)21-18(13-25-30-21)26-20-7-8-24-22(29-20)19-4-3-11-33-19;/h3-8,11-13H,9-10,14H2,1-2H3,(H,25,30)(H,27,28)(H,24,26,29);1H. The van der Waals surface area contributed by atoms with Gasteiger partial charge in [-0.05, 0) is 42.3 Å². The Morgan fingerprint density at radius 3 is 2.91 bits per heavy atom. The third-order valence-corrected chi connectivity index (χ3v) is 6.08. The van der Waals surface area contributed by atoms with Crippen molar-refractivity contribution in [3.63, 3.8) is 0 Å². The molecule has 34 heavy (non-hydrogen) atoms. The summed E-state index contributed by atoms with van der Waals surface area (Å²) in [5, 5.41) is 12.6. The van der Waals surface area contributed by atoms with Crippen molar-refractivity contribution in [2.75, 3.05) is 32.6 Å². The maximum Gasteiger partial charge on any atom is 0.171 e. The van der Waals surface area contributed by atoms with Gasteiger partial charge >= 0.3 is 0 Å². The number of thiophene rings is 1. The molecular formula is C23H25ClN8OS. The monoisotopic (exact) mass is 496 g/mol. The molecule has 0 saturated carbocycles. The van der Waals surface area contributed by atoms with Gasteiger partial charge < -0.3 is 15.0 Å². The summed E-state index contributed by atoms with van der Waals surface area (Å²) in [6, 6.07) is 12.1. The number of hydrogen-bond acceptors (Lipinski definition) is 8. The maximum atomic E-state index is 5.16. The van der Waals surface area contributed by atoms with Crippen molar-refractivity contribution in [1.29, 1.82) is 0 Å². The molecule has 5 rings (SSSR count). The van der Waals surface area contributed by atoms with Gasteiger partial charge in [0.1, 0.15) is 11.5 Å². The molecule has 5 aromatic rings. The third-order valence-electron chi connectivity index (χ3n) is 5.21. The molecule has 0 aliphatic carbocycles. The van der Waals surface area contributed by atoms with E-state index in [9.17, 15) is 0 Å². The van der Waals surface area contributed by atoms with E-state index in [1.165, 1.54) is 5.56 Å². The molecule has 0 amide bonds. The van der Waals surface area contributed by atoms with Crippen LogP contribution in [-0.2, 0) is 11.3 Å². The lowest BCUT2D eigenvalue weighted by Gasteiger charge is -2.15. The number of hydrogen-bond donors (Lipinski definition) is 3. The highest BCUT2D eigenvalue weighted by molar-refractivity contribution is 7.13. The van der Waals surface area contributed by atoms with Gasteiger partial charge in [-0.2, -0.15) is 5.10 Å². The molecule has 0 unspecified atom stereocenters. The first-order valence-electron chi connectivity index (χ1n) is 10.5. The molecule has 4 aromatic heterocycles. The molecule has 0 saturated heterocycles. The van der Waals surface area contributed by atoms with Gasteiger partial charge in [0, 0.05) is 26.4 Å². The number of fused-ring (bicyclic) bond motifs is 1. The van der Waals surface area contributed by atoms with Crippen LogP contribution in [-0.4, -0.2) is 62.3 Å². The van der Waals surface area contributed by atoms with Crippen LogP contribution in [0, 0.1) is 0 Å². The number of aromatic amines is 2. The fraction of sp³-hybridized carbons (Fsp3) is 0.217. The van der Waals surface area contributed by atoms with Crippen LogP contribution in [0.25, 0.3) is 33.3 Å². The molecule has 0 aliphatic rings. The van der Waals surface area contributed by atoms with Gasteiger partial charge in [-0.3, -0.25) is 10.00 Å². The first-order valence-corrected chi connectivity index (χ1v) is 11.4. The zero-order valence-corrected chi connectivity index (χ0v) is 20.4. The number of methoxy groups -OCH3 is 1. The highest BCUT2D eigenvalue weighted by Crippen LogP contribution is 2.29. The maximum absolute atomic E-state index is 5.16. The number of nitrogens with one attached hydrogen (secondary N) is 3. The van der Waals surface area contributed by atoms with E-state index in [2.05, 4.69) is 54.5 Å². The van der Waals surface area contributed by atoms with Gasteiger partial charge in [0.05, 0.1) is 34.4 Å². The fourth-order valence-electron chi connectivity index (χ4n) is 3.56. The Morgan fingerprint density at radius 2 is 2.09 bits per heavy atom. The summed E-state index contributed by atoms with van der Waals surface area (Å²) in [5.74, 6) is 2.09. The second-order valence-electron chi connectivity index (χ2n) is 7.69. The average molecular weight is 497 g/mol. The Morgan fingerprint density at radius 1 is 1.18 bits per heavy atom. The molecular weight excluding hydrogens is 472 g/mol. The number of H-pyrrole nitrogens is 2. The minimum Gasteiger partial charge on any atom is -0.383 e. The Bertz CT molecular complexity index is 1350. The van der Waals surface area contributed by atoms with E-state index < -0.39 is 0 Å². The third kappa shape index (κ3) is 5.26.